The molecule has 7 nitrogen and oxygen atoms in total. The molecule has 6 saturated carbocycles. The lowest BCUT2D eigenvalue weighted by Gasteiger charge is -2.95. The molecule has 188 valence electrons. The molecule has 1 N–H and O–H groups in total. The Kier molecular flexibility index (Phi) is 3.57. The van der Waals surface area contributed by atoms with Crippen LogP contribution in [0.25, 0.3) is 0 Å². The summed E-state index contributed by atoms with van der Waals surface area (Å²) in [4.78, 5) is 30.2. The van der Waals surface area contributed by atoms with Crippen molar-refractivity contribution in [3.63, 3.8) is 0 Å². The van der Waals surface area contributed by atoms with Crippen LogP contribution in [-0.2, 0) is 26.2 Å². The lowest BCUT2D eigenvalue weighted by atomic mass is 9.09. The number of benzene rings is 2. The third kappa shape index (κ3) is 2.23. The number of carbonyl (C=O) groups is 2. The Bertz CT molecular complexity index is 1580. The van der Waals surface area contributed by atoms with Crippen LogP contribution < -0.4 is 5.32 Å². The van der Waals surface area contributed by atoms with Gasteiger partial charge < -0.3 is 10.2 Å². The summed E-state index contributed by atoms with van der Waals surface area (Å²) in [7, 11) is -4.07. The van der Waals surface area contributed by atoms with Crippen LogP contribution in [0.15, 0.2) is 51.8 Å². The number of sulfonamides is 1. The summed E-state index contributed by atoms with van der Waals surface area (Å²) in [5, 5.41) is 3.04. The van der Waals surface area contributed by atoms with Gasteiger partial charge >= 0.3 is 0 Å². The van der Waals surface area contributed by atoms with Gasteiger partial charge in [0.15, 0.2) is 11.7 Å². The second-order valence-electron chi connectivity index (χ2n) is 12.1. The number of anilines is 1. The lowest BCUT2D eigenvalue weighted by molar-refractivity contribution is -0.479. The van der Waals surface area contributed by atoms with Gasteiger partial charge in [0.25, 0.3) is 10.0 Å². The number of halogens is 1. The molecule has 9 heteroatoms. The highest BCUT2D eigenvalue weighted by atomic mass is 32.2. The number of nitrogens with one attached hydrogen (secondary N) is 1. The number of ketones is 1. The van der Waals surface area contributed by atoms with Crippen molar-refractivity contribution >= 4 is 33.2 Å². The first-order chi connectivity index (χ1) is 17.8. The Morgan fingerprint density at radius 1 is 0.919 bits per heavy atom. The molecule has 2 aromatic rings. The Morgan fingerprint density at radius 2 is 1.57 bits per heavy atom. The van der Waals surface area contributed by atoms with Gasteiger partial charge in [-0.1, -0.05) is 18.2 Å². The molecule has 0 spiro atoms. The molecule has 7 atom stereocenters. The van der Waals surface area contributed by atoms with E-state index in [-0.39, 0.29) is 46.8 Å². The van der Waals surface area contributed by atoms with E-state index < -0.39 is 21.8 Å². The van der Waals surface area contributed by atoms with Crippen molar-refractivity contribution in [3.8, 4) is 0 Å². The van der Waals surface area contributed by atoms with Crippen LogP contribution in [0.1, 0.15) is 11.1 Å². The maximum atomic E-state index is 14.2. The van der Waals surface area contributed by atoms with E-state index in [1.54, 1.807) is 37.3 Å². The highest BCUT2D eigenvalue weighted by molar-refractivity contribution is 7.90. The molecule has 1 amide bonds. The van der Waals surface area contributed by atoms with Gasteiger partial charge in [-0.05, 0) is 89.7 Å². The zero-order chi connectivity index (χ0) is 25.1. The summed E-state index contributed by atoms with van der Waals surface area (Å²) in [6.07, 6.45) is 0. The van der Waals surface area contributed by atoms with Crippen LogP contribution in [0, 0.1) is 71.9 Å². The van der Waals surface area contributed by atoms with Crippen LogP contribution in [0.2, 0.25) is 0 Å². The molecule has 0 aromatic heterocycles. The zero-order valence-corrected chi connectivity index (χ0v) is 20.7. The summed E-state index contributed by atoms with van der Waals surface area (Å²) in [5.74, 6) is 2.03. The number of nitrogens with zero attached hydrogens (tertiary/aromatic N) is 2. The maximum Gasteiger partial charge on any atom is 0.286 e. The normalized spacial score (nSPS) is 44.1. The van der Waals surface area contributed by atoms with Gasteiger partial charge in [0, 0.05) is 18.5 Å². The van der Waals surface area contributed by atoms with Crippen LogP contribution in [0.5, 0.6) is 0 Å². The van der Waals surface area contributed by atoms with Crippen LogP contribution in [0.3, 0.4) is 0 Å². The molecule has 6 aliphatic carbocycles. The number of amides is 1. The van der Waals surface area contributed by atoms with Crippen LogP contribution in [-0.4, -0.2) is 36.9 Å². The first-order valence-electron chi connectivity index (χ1n) is 13.1. The van der Waals surface area contributed by atoms with Crippen molar-refractivity contribution in [1.82, 2.24) is 4.90 Å². The third-order valence-corrected chi connectivity index (χ3v) is 12.3. The SMILES string of the molecule is Cc1ccc2c(c1)S(=O)(=O)N=C(C1C(=O)C3C4C5C6C4C4C6C5C4C3N(Cc3ccc(F)cc3)C1=O)N2. The number of likely N-dealkylation sites (tertiary alicyclic amines) is 1. The first-order valence-corrected chi connectivity index (χ1v) is 14.5. The highest BCUT2D eigenvalue weighted by Gasteiger charge is 2.92. The fourth-order valence-corrected chi connectivity index (χ4v) is 11.2. The number of Topliss-reactive ketones (excluding diaryl/α,β-unsaturated/α-hetero) is 1. The zero-order valence-electron chi connectivity index (χ0n) is 19.9. The van der Waals surface area contributed by atoms with Gasteiger partial charge in [-0.15, -0.1) is 4.40 Å². The highest BCUT2D eigenvalue weighted by Crippen LogP contribution is 2.93. The van der Waals surface area contributed by atoms with Gasteiger partial charge in [-0.25, -0.2) is 4.39 Å². The molecule has 37 heavy (non-hydrogen) atoms. The van der Waals surface area contributed by atoms with Gasteiger partial charge in [-0.2, -0.15) is 8.42 Å². The number of amidine groups is 1. The summed E-state index contributed by atoms with van der Waals surface area (Å²) >= 11 is 0. The van der Waals surface area contributed by atoms with E-state index >= 15 is 0 Å². The van der Waals surface area contributed by atoms with Crippen LogP contribution >= 0.6 is 0 Å². The van der Waals surface area contributed by atoms with Gasteiger partial charge in [0.05, 0.1) is 5.69 Å². The summed E-state index contributed by atoms with van der Waals surface area (Å²) < 4.78 is 43.8. The molecule has 1 saturated heterocycles. The van der Waals surface area contributed by atoms with Crippen molar-refractivity contribution in [2.75, 3.05) is 5.32 Å². The maximum absolute atomic E-state index is 14.2. The number of aryl methyl sites for hydroxylation is 1. The number of piperidine rings is 1. The Balaban J connectivity index is 1.15. The lowest BCUT2D eigenvalue weighted by Crippen LogP contribution is -2.95. The monoisotopic (exact) mass is 517 g/mol. The first kappa shape index (κ1) is 20.9. The second kappa shape index (κ2) is 6.31. The third-order valence-electron chi connectivity index (χ3n) is 11.0. The molecule has 2 aromatic carbocycles. The van der Waals surface area contributed by atoms with E-state index in [2.05, 4.69) is 9.71 Å². The molecule has 2 aliphatic heterocycles. The second-order valence-corrected chi connectivity index (χ2v) is 13.7. The fourth-order valence-electron chi connectivity index (χ4n) is 9.97. The molecule has 10 rings (SSSR count). The predicted molar refractivity (Wildman–Crippen MR) is 130 cm³/mol. The minimum absolute atomic E-state index is 0.0503. The topological polar surface area (TPSA) is 95.9 Å². The van der Waals surface area contributed by atoms with E-state index in [4.69, 9.17) is 0 Å². The molecular weight excluding hydrogens is 493 g/mol. The smallest absolute Gasteiger partial charge is 0.286 e. The predicted octanol–water partition coefficient (Wildman–Crippen LogP) is 2.86. The number of rotatable bonds is 3. The standard InChI is InChI=1S/C28H24FN3O4S/c1-10-2-7-13-14(8-10)37(35,36)31-27(30-13)24-26(33)23-21-17-15-16-19(17)22(20(16)18(15)21)25(23)32(28(24)34)9-11-3-5-12(29)6-4-11/h2-8,15-25H,9H2,1H3,(H,30,31). The van der Waals surface area contributed by atoms with Crippen molar-refractivity contribution in [2.45, 2.75) is 24.4 Å². The van der Waals surface area contributed by atoms with Gasteiger partial charge in [-0.3, -0.25) is 9.59 Å². The molecule has 7 unspecified atom stereocenters. The number of fused-ring (bicyclic) bond motifs is 1. The minimum atomic E-state index is -4.07. The van der Waals surface area contributed by atoms with Crippen molar-refractivity contribution in [3.05, 3.63) is 59.4 Å². The van der Waals surface area contributed by atoms with E-state index in [9.17, 15) is 22.4 Å². The van der Waals surface area contributed by atoms with E-state index in [1.807, 2.05) is 4.90 Å². The summed E-state index contributed by atoms with van der Waals surface area (Å²) in [6.45, 7) is 2.07. The molecule has 7 fully saturated rings. The Morgan fingerprint density at radius 3 is 2.27 bits per heavy atom. The Labute approximate surface area is 213 Å². The van der Waals surface area contributed by atoms with E-state index in [1.165, 1.54) is 12.1 Å². The number of hydrogen-bond donors (Lipinski definition) is 1. The van der Waals surface area contributed by atoms with Crippen molar-refractivity contribution in [2.24, 2.45) is 63.6 Å². The Hall–Kier alpha value is -3.07. The molecule has 0 radical (unpaired) electrons. The quantitative estimate of drug-likeness (QED) is 0.632. The van der Waals surface area contributed by atoms with Gasteiger partial charge in [0.1, 0.15) is 16.5 Å². The summed E-state index contributed by atoms with van der Waals surface area (Å²) in [5.41, 5.74) is 1.90. The number of carbonyl (C=O) groups excluding carboxylic acids is 2. The van der Waals surface area contributed by atoms with Crippen LogP contribution in [0.4, 0.5) is 10.1 Å². The molecule has 2 heterocycles. The molecule has 2 bridgehead atoms. The summed E-state index contributed by atoms with van der Waals surface area (Å²) in [6, 6.07) is 10.9. The average molecular weight is 518 g/mol. The molecular formula is C28H24FN3O4S. The van der Waals surface area contributed by atoms with E-state index in [0.717, 1.165) is 23.0 Å². The minimum Gasteiger partial charge on any atom is -0.341 e. The average Bonchev–Trinajstić information content (AvgIpc) is 2.83. The van der Waals surface area contributed by atoms with Crippen molar-refractivity contribution in [1.29, 1.82) is 0 Å². The largest absolute Gasteiger partial charge is 0.341 e. The van der Waals surface area contributed by atoms with Gasteiger partial charge in [0.2, 0.25) is 5.91 Å². The van der Waals surface area contributed by atoms with Crippen molar-refractivity contribution < 1.29 is 22.4 Å². The number of hydrogen-bond acceptors (Lipinski definition) is 5. The molecule has 8 aliphatic rings. The fraction of sp³-hybridized carbons (Fsp3) is 0.464. The van der Waals surface area contributed by atoms with E-state index in [0.29, 0.717) is 35.3 Å².